The van der Waals surface area contributed by atoms with Gasteiger partial charge in [-0.1, -0.05) is 25.4 Å². The molecule has 0 atom stereocenters. The minimum absolute atomic E-state index is 0.137. The normalized spacial score (nSPS) is 16.0. The van der Waals surface area contributed by atoms with Gasteiger partial charge in [0.05, 0.1) is 10.7 Å². The molecular formula is C16H24ClN3O. The van der Waals surface area contributed by atoms with Crippen LogP contribution in [-0.4, -0.2) is 30.5 Å². The van der Waals surface area contributed by atoms with Gasteiger partial charge in [-0.3, -0.25) is 9.78 Å². The molecule has 1 aromatic rings. The summed E-state index contributed by atoms with van der Waals surface area (Å²) in [7, 11) is 0. The van der Waals surface area contributed by atoms with Gasteiger partial charge in [0.25, 0.3) is 0 Å². The molecule has 116 valence electrons. The molecule has 1 fully saturated rings. The molecular weight excluding hydrogens is 286 g/mol. The maximum absolute atomic E-state index is 12.0. The molecule has 1 saturated heterocycles. The zero-order valence-electron chi connectivity index (χ0n) is 12.9. The molecule has 0 aromatic carbocycles. The van der Waals surface area contributed by atoms with Gasteiger partial charge in [0, 0.05) is 37.9 Å². The number of amides is 1. The monoisotopic (exact) mass is 309 g/mol. The number of nitrogens with one attached hydrogen (secondary N) is 1. The predicted octanol–water partition coefficient (Wildman–Crippen LogP) is 3.04. The second-order valence-corrected chi connectivity index (χ2v) is 5.94. The Labute approximate surface area is 131 Å². The standard InChI is InChI=1S/C16H24ClN3O/c1-3-7-19-16(21)13-5-8-20(9-6-13)15-12(4-2)10-18-11-14(15)17/h10-11,13H,3-9H2,1-2H3,(H,19,21). The topological polar surface area (TPSA) is 45.2 Å². The van der Waals surface area contributed by atoms with Crippen molar-refractivity contribution in [2.75, 3.05) is 24.5 Å². The van der Waals surface area contributed by atoms with E-state index in [1.165, 1.54) is 5.56 Å². The maximum Gasteiger partial charge on any atom is 0.223 e. The fourth-order valence-electron chi connectivity index (χ4n) is 2.84. The van der Waals surface area contributed by atoms with Crippen LogP contribution in [0, 0.1) is 5.92 Å². The first-order chi connectivity index (χ1) is 10.2. The van der Waals surface area contributed by atoms with Crippen LogP contribution in [-0.2, 0) is 11.2 Å². The minimum atomic E-state index is 0.137. The zero-order chi connectivity index (χ0) is 15.2. The Morgan fingerprint density at radius 2 is 2.10 bits per heavy atom. The average molecular weight is 310 g/mol. The van der Waals surface area contributed by atoms with E-state index in [0.717, 1.165) is 51.0 Å². The Kier molecular flexibility index (Phi) is 5.85. The quantitative estimate of drug-likeness (QED) is 0.909. The number of aromatic nitrogens is 1. The number of anilines is 1. The van der Waals surface area contributed by atoms with Gasteiger partial charge in [-0.25, -0.2) is 0 Å². The van der Waals surface area contributed by atoms with Crippen molar-refractivity contribution in [3.63, 3.8) is 0 Å². The minimum Gasteiger partial charge on any atom is -0.370 e. The molecule has 21 heavy (non-hydrogen) atoms. The smallest absolute Gasteiger partial charge is 0.223 e. The van der Waals surface area contributed by atoms with Crippen molar-refractivity contribution in [1.29, 1.82) is 0 Å². The summed E-state index contributed by atoms with van der Waals surface area (Å²) in [4.78, 5) is 18.5. The molecule has 5 heteroatoms. The van der Waals surface area contributed by atoms with E-state index < -0.39 is 0 Å². The fraction of sp³-hybridized carbons (Fsp3) is 0.625. The molecule has 0 saturated carbocycles. The lowest BCUT2D eigenvalue weighted by molar-refractivity contribution is -0.125. The van der Waals surface area contributed by atoms with Crippen LogP contribution >= 0.6 is 11.6 Å². The van der Waals surface area contributed by atoms with Gasteiger partial charge in [-0.15, -0.1) is 0 Å². The van der Waals surface area contributed by atoms with Crippen molar-refractivity contribution in [2.45, 2.75) is 39.5 Å². The molecule has 1 aliphatic heterocycles. The summed E-state index contributed by atoms with van der Waals surface area (Å²) in [6.45, 7) is 6.71. The van der Waals surface area contributed by atoms with Crippen LogP contribution in [0.25, 0.3) is 0 Å². The molecule has 2 heterocycles. The number of hydrogen-bond acceptors (Lipinski definition) is 3. The Morgan fingerprint density at radius 3 is 2.71 bits per heavy atom. The number of pyridine rings is 1. The highest BCUT2D eigenvalue weighted by Gasteiger charge is 2.26. The van der Waals surface area contributed by atoms with E-state index >= 15 is 0 Å². The van der Waals surface area contributed by atoms with Gasteiger partial charge in [0.1, 0.15) is 0 Å². The first-order valence-corrected chi connectivity index (χ1v) is 8.20. The van der Waals surface area contributed by atoms with Crippen molar-refractivity contribution in [2.24, 2.45) is 5.92 Å². The number of rotatable bonds is 5. The Balaban J connectivity index is 2.00. The van der Waals surface area contributed by atoms with Gasteiger partial charge in [-0.2, -0.15) is 0 Å². The Morgan fingerprint density at radius 1 is 1.38 bits per heavy atom. The number of carbonyl (C=O) groups excluding carboxylic acids is 1. The van der Waals surface area contributed by atoms with Gasteiger partial charge < -0.3 is 10.2 Å². The zero-order valence-corrected chi connectivity index (χ0v) is 13.6. The van der Waals surface area contributed by atoms with Crippen LogP contribution in [0.5, 0.6) is 0 Å². The Bertz CT molecular complexity index is 484. The second-order valence-electron chi connectivity index (χ2n) is 5.53. The van der Waals surface area contributed by atoms with Crippen LogP contribution in [0.2, 0.25) is 5.02 Å². The van der Waals surface area contributed by atoms with Crippen molar-refractivity contribution >= 4 is 23.2 Å². The number of aryl methyl sites for hydroxylation is 1. The van der Waals surface area contributed by atoms with E-state index in [0.29, 0.717) is 5.02 Å². The lowest BCUT2D eigenvalue weighted by Crippen LogP contribution is -2.41. The predicted molar refractivity (Wildman–Crippen MR) is 86.9 cm³/mol. The Hall–Kier alpha value is -1.29. The first kappa shape index (κ1) is 16.1. The second kappa shape index (κ2) is 7.64. The van der Waals surface area contributed by atoms with Gasteiger partial charge in [0.15, 0.2) is 0 Å². The fourth-order valence-corrected chi connectivity index (χ4v) is 3.14. The van der Waals surface area contributed by atoms with Gasteiger partial charge in [-0.05, 0) is 31.2 Å². The summed E-state index contributed by atoms with van der Waals surface area (Å²) in [5.74, 6) is 0.339. The first-order valence-electron chi connectivity index (χ1n) is 7.82. The molecule has 4 nitrogen and oxygen atoms in total. The average Bonchev–Trinajstić information content (AvgIpc) is 2.52. The summed E-state index contributed by atoms with van der Waals surface area (Å²) in [6, 6.07) is 0. The summed E-state index contributed by atoms with van der Waals surface area (Å²) in [5, 5.41) is 3.71. The molecule has 0 aliphatic carbocycles. The molecule has 2 rings (SSSR count). The van der Waals surface area contributed by atoms with Crippen molar-refractivity contribution in [3.05, 3.63) is 23.0 Å². The highest BCUT2D eigenvalue weighted by atomic mass is 35.5. The summed E-state index contributed by atoms with van der Waals surface area (Å²) >= 11 is 6.33. The molecule has 1 aliphatic rings. The van der Waals surface area contributed by atoms with Crippen LogP contribution in [0.1, 0.15) is 38.7 Å². The van der Waals surface area contributed by atoms with E-state index in [9.17, 15) is 4.79 Å². The van der Waals surface area contributed by atoms with Crippen molar-refractivity contribution < 1.29 is 4.79 Å². The highest BCUT2D eigenvalue weighted by Crippen LogP contribution is 2.32. The van der Waals surface area contributed by atoms with E-state index in [-0.39, 0.29) is 11.8 Å². The number of halogens is 1. The van der Waals surface area contributed by atoms with Crippen molar-refractivity contribution in [1.82, 2.24) is 10.3 Å². The maximum atomic E-state index is 12.0. The molecule has 0 radical (unpaired) electrons. The highest BCUT2D eigenvalue weighted by molar-refractivity contribution is 6.33. The molecule has 0 unspecified atom stereocenters. The summed E-state index contributed by atoms with van der Waals surface area (Å²) < 4.78 is 0. The summed E-state index contributed by atoms with van der Waals surface area (Å²) in [6.07, 6.45) is 7.27. The van der Waals surface area contributed by atoms with E-state index in [2.05, 4.69) is 29.0 Å². The van der Waals surface area contributed by atoms with E-state index in [4.69, 9.17) is 11.6 Å². The summed E-state index contributed by atoms with van der Waals surface area (Å²) in [5.41, 5.74) is 2.28. The van der Waals surface area contributed by atoms with Crippen LogP contribution < -0.4 is 10.2 Å². The number of nitrogens with zero attached hydrogens (tertiary/aromatic N) is 2. The molecule has 0 spiro atoms. The van der Waals surface area contributed by atoms with Gasteiger partial charge in [0.2, 0.25) is 5.91 Å². The number of piperidine rings is 1. The van der Waals surface area contributed by atoms with E-state index in [1.807, 2.05) is 6.20 Å². The SMILES string of the molecule is CCCNC(=O)C1CCN(c2c(Cl)cncc2CC)CC1. The van der Waals surface area contributed by atoms with Crippen molar-refractivity contribution in [3.8, 4) is 0 Å². The van der Waals surface area contributed by atoms with Crippen LogP contribution in [0.3, 0.4) is 0 Å². The lowest BCUT2D eigenvalue weighted by Gasteiger charge is -2.34. The van der Waals surface area contributed by atoms with E-state index in [1.54, 1.807) is 6.20 Å². The largest absolute Gasteiger partial charge is 0.370 e. The molecule has 0 bridgehead atoms. The molecule has 1 aromatic heterocycles. The third-order valence-corrected chi connectivity index (χ3v) is 4.34. The number of carbonyl (C=O) groups is 1. The number of hydrogen-bond donors (Lipinski definition) is 1. The van der Waals surface area contributed by atoms with Crippen LogP contribution in [0.4, 0.5) is 5.69 Å². The third kappa shape index (κ3) is 3.88. The van der Waals surface area contributed by atoms with Gasteiger partial charge >= 0.3 is 0 Å². The molecule has 1 N–H and O–H groups in total. The lowest BCUT2D eigenvalue weighted by atomic mass is 9.95. The van der Waals surface area contributed by atoms with Crippen LogP contribution in [0.15, 0.2) is 12.4 Å². The molecule has 1 amide bonds. The third-order valence-electron chi connectivity index (χ3n) is 4.06.